The zero-order chi connectivity index (χ0) is 22.1. The van der Waals surface area contributed by atoms with Crippen molar-refractivity contribution in [3.05, 3.63) is 67.9 Å². The van der Waals surface area contributed by atoms with E-state index in [0.717, 1.165) is 17.0 Å². The van der Waals surface area contributed by atoms with E-state index in [2.05, 4.69) is 15.6 Å². The highest BCUT2D eigenvalue weighted by molar-refractivity contribution is 6.31. The first-order valence-electron chi connectivity index (χ1n) is 10.2. The van der Waals surface area contributed by atoms with Gasteiger partial charge in [-0.15, -0.1) is 0 Å². The van der Waals surface area contributed by atoms with Crippen LogP contribution in [0.3, 0.4) is 0 Å². The number of rotatable bonds is 6. The van der Waals surface area contributed by atoms with Crippen LogP contribution in [-0.2, 0) is 24.3 Å². The Hall–Kier alpha value is -2.94. The maximum atomic E-state index is 14.2. The van der Waals surface area contributed by atoms with Gasteiger partial charge in [-0.1, -0.05) is 22.8 Å². The van der Waals surface area contributed by atoms with Gasteiger partial charge >= 0.3 is 5.69 Å². The van der Waals surface area contributed by atoms with Gasteiger partial charge in [-0.3, -0.25) is 9.36 Å². The molecule has 1 N–H and O–H groups in total. The van der Waals surface area contributed by atoms with Crippen LogP contribution in [0.15, 0.2) is 27.5 Å². The van der Waals surface area contributed by atoms with Gasteiger partial charge in [0.1, 0.15) is 17.4 Å². The quantitative estimate of drug-likeness (QED) is 0.627. The Labute approximate surface area is 183 Å². The average molecular weight is 448 g/mol. The lowest BCUT2D eigenvalue weighted by Gasteiger charge is -2.21. The van der Waals surface area contributed by atoms with E-state index in [1.807, 2.05) is 13.8 Å². The van der Waals surface area contributed by atoms with E-state index < -0.39 is 11.7 Å². The molecular formula is C21H23ClFN5O3. The molecule has 3 aromatic rings. The summed E-state index contributed by atoms with van der Waals surface area (Å²) in [5.74, 6) is -0.0846. The molecule has 0 fully saturated rings. The van der Waals surface area contributed by atoms with Crippen molar-refractivity contribution in [2.75, 3.05) is 6.54 Å². The van der Waals surface area contributed by atoms with E-state index in [1.54, 1.807) is 6.07 Å². The number of carbonyl (C=O) groups is 1. The molecule has 3 heterocycles. The maximum absolute atomic E-state index is 14.2. The Kier molecular flexibility index (Phi) is 5.95. The topological polar surface area (TPSA) is 94.9 Å². The molecule has 8 nitrogen and oxygen atoms in total. The predicted octanol–water partition coefficient (Wildman–Crippen LogP) is 2.73. The molecule has 31 heavy (non-hydrogen) atoms. The Morgan fingerprint density at radius 2 is 2.16 bits per heavy atom. The summed E-state index contributed by atoms with van der Waals surface area (Å²) in [5.41, 5.74) is 1.61. The minimum atomic E-state index is -0.538. The molecule has 4 rings (SSSR count). The zero-order valence-corrected chi connectivity index (χ0v) is 18.1. The van der Waals surface area contributed by atoms with Crippen LogP contribution in [0.5, 0.6) is 0 Å². The van der Waals surface area contributed by atoms with Crippen LogP contribution in [-0.4, -0.2) is 32.0 Å². The summed E-state index contributed by atoms with van der Waals surface area (Å²) in [6.45, 7) is 4.51. The highest BCUT2D eigenvalue weighted by Gasteiger charge is 2.31. The van der Waals surface area contributed by atoms with Crippen LogP contribution in [0.2, 0.25) is 5.02 Å². The number of nitrogens with zero attached hydrogens (tertiary/aromatic N) is 4. The molecule has 164 valence electrons. The monoisotopic (exact) mass is 447 g/mol. The highest BCUT2D eigenvalue weighted by atomic mass is 35.5. The summed E-state index contributed by atoms with van der Waals surface area (Å²) in [6.07, 6.45) is 1.88. The summed E-state index contributed by atoms with van der Waals surface area (Å²) in [5, 5.41) is 11.4. The fraction of sp³-hybridized carbons (Fsp3) is 0.429. The van der Waals surface area contributed by atoms with E-state index in [-0.39, 0.29) is 28.7 Å². The van der Waals surface area contributed by atoms with Gasteiger partial charge in [-0.2, -0.15) is 5.10 Å². The third kappa shape index (κ3) is 4.14. The average Bonchev–Trinajstić information content (AvgIpc) is 3.24. The first-order valence-corrected chi connectivity index (χ1v) is 10.5. The normalized spacial score (nSPS) is 15.7. The SMILES string of the molecule is Cc1noc(C)c1CCNC(=O)C1CCCn2c1nn(Cc1c(F)cccc1Cl)c2=O. The molecule has 1 aliphatic rings. The number of carbonyl (C=O) groups excluding carboxylic acids is 1. The standard InChI is InChI=1S/C21H23ClFN5O3/c1-12-14(13(2)31-26-12)8-9-24-20(29)15-5-4-10-27-19(15)25-28(21(27)30)11-16-17(22)6-3-7-18(16)23/h3,6-7,15H,4-5,8-11H2,1-2H3,(H,24,29). The van der Waals surface area contributed by atoms with E-state index >= 15 is 0 Å². The van der Waals surface area contributed by atoms with Crippen LogP contribution in [0, 0.1) is 19.7 Å². The van der Waals surface area contributed by atoms with Crippen molar-refractivity contribution in [1.29, 1.82) is 0 Å². The van der Waals surface area contributed by atoms with Gasteiger partial charge < -0.3 is 9.84 Å². The van der Waals surface area contributed by atoms with Crippen molar-refractivity contribution >= 4 is 17.5 Å². The first-order chi connectivity index (χ1) is 14.9. The molecule has 1 aliphatic heterocycles. The van der Waals surface area contributed by atoms with E-state index in [4.69, 9.17) is 16.1 Å². The molecule has 1 unspecified atom stereocenters. The molecule has 1 atom stereocenters. The number of amides is 1. The second kappa shape index (κ2) is 8.66. The predicted molar refractivity (Wildman–Crippen MR) is 112 cm³/mol. The smallest absolute Gasteiger partial charge is 0.346 e. The summed E-state index contributed by atoms with van der Waals surface area (Å²) in [4.78, 5) is 25.7. The Balaban J connectivity index is 1.50. The molecule has 1 aromatic carbocycles. The summed E-state index contributed by atoms with van der Waals surface area (Å²) in [7, 11) is 0. The van der Waals surface area contributed by atoms with Crippen molar-refractivity contribution in [2.45, 2.75) is 52.1 Å². The van der Waals surface area contributed by atoms with Crippen molar-refractivity contribution in [2.24, 2.45) is 0 Å². The number of benzene rings is 1. The molecule has 0 spiro atoms. The molecular weight excluding hydrogens is 425 g/mol. The third-order valence-corrected chi connectivity index (χ3v) is 6.03. The fourth-order valence-electron chi connectivity index (χ4n) is 3.99. The van der Waals surface area contributed by atoms with Crippen LogP contribution < -0.4 is 11.0 Å². The summed E-state index contributed by atoms with van der Waals surface area (Å²) < 4.78 is 22.0. The summed E-state index contributed by atoms with van der Waals surface area (Å²) in [6, 6.07) is 4.36. The van der Waals surface area contributed by atoms with Crippen LogP contribution in [0.4, 0.5) is 4.39 Å². The lowest BCUT2D eigenvalue weighted by atomic mass is 9.98. The molecule has 0 saturated carbocycles. The fourth-order valence-corrected chi connectivity index (χ4v) is 4.21. The second-order valence-electron chi connectivity index (χ2n) is 7.69. The molecule has 0 aliphatic carbocycles. The lowest BCUT2D eigenvalue weighted by molar-refractivity contribution is -0.123. The number of hydrogen-bond donors (Lipinski definition) is 1. The number of halogens is 2. The van der Waals surface area contributed by atoms with Gasteiger partial charge in [0.05, 0.1) is 18.2 Å². The lowest BCUT2D eigenvalue weighted by Crippen LogP contribution is -2.36. The van der Waals surface area contributed by atoms with E-state index in [9.17, 15) is 14.0 Å². The van der Waals surface area contributed by atoms with Crippen LogP contribution in [0.1, 0.15) is 47.2 Å². The molecule has 10 heteroatoms. The van der Waals surface area contributed by atoms with Crippen molar-refractivity contribution in [3.8, 4) is 0 Å². The number of hydrogen-bond acceptors (Lipinski definition) is 5. The third-order valence-electron chi connectivity index (χ3n) is 5.68. The van der Waals surface area contributed by atoms with Crippen molar-refractivity contribution in [3.63, 3.8) is 0 Å². The Bertz CT molecular complexity index is 1140. The summed E-state index contributed by atoms with van der Waals surface area (Å²) >= 11 is 6.09. The maximum Gasteiger partial charge on any atom is 0.346 e. The largest absolute Gasteiger partial charge is 0.361 e. The Morgan fingerprint density at radius 3 is 2.87 bits per heavy atom. The van der Waals surface area contributed by atoms with Gasteiger partial charge in [0, 0.05) is 29.2 Å². The minimum Gasteiger partial charge on any atom is -0.361 e. The van der Waals surface area contributed by atoms with Gasteiger partial charge in [0.25, 0.3) is 0 Å². The number of fused-ring (bicyclic) bond motifs is 1. The number of nitrogens with one attached hydrogen (secondary N) is 1. The minimum absolute atomic E-state index is 0.0925. The molecule has 1 amide bonds. The van der Waals surface area contributed by atoms with Crippen LogP contribution >= 0.6 is 11.6 Å². The van der Waals surface area contributed by atoms with Crippen LogP contribution in [0.25, 0.3) is 0 Å². The van der Waals surface area contributed by atoms with E-state index in [1.165, 1.54) is 21.4 Å². The van der Waals surface area contributed by atoms with Gasteiger partial charge in [0.15, 0.2) is 0 Å². The van der Waals surface area contributed by atoms with Crippen molar-refractivity contribution in [1.82, 2.24) is 24.8 Å². The number of aromatic nitrogens is 4. The van der Waals surface area contributed by atoms with Gasteiger partial charge in [-0.05, 0) is 45.2 Å². The van der Waals surface area contributed by atoms with E-state index in [0.29, 0.717) is 38.2 Å². The van der Waals surface area contributed by atoms with Gasteiger partial charge in [-0.25, -0.2) is 13.9 Å². The molecule has 0 radical (unpaired) electrons. The first kappa shape index (κ1) is 21.3. The molecule has 2 aromatic heterocycles. The number of aryl methyl sites for hydroxylation is 2. The molecule has 0 saturated heterocycles. The van der Waals surface area contributed by atoms with Gasteiger partial charge in [0.2, 0.25) is 5.91 Å². The second-order valence-corrected chi connectivity index (χ2v) is 8.10. The highest BCUT2D eigenvalue weighted by Crippen LogP contribution is 2.25. The Morgan fingerprint density at radius 1 is 1.35 bits per heavy atom. The van der Waals surface area contributed by atoms with Crippen molar-refractivity contribution < 1.29 is 13.7 Å². The zero-order valence-electron chi connectivity index (χ0n) is 17.3. The molecule has 0 bridgehead atoms.